The van der Waals surface area contributed by atoms with Crippen LogP contribution in [0.3, 0.4) is 0 Å². The number of nitrogens with one attached hydrogen (secondary N) is 2. The van der Waals surface area contributed by atoms with Crippen molar-refractivity contribution >= 4 is 22.4 Å². The summed E-state index contributed by atoms with van der Waals surface area (Å²) in [6.45, 7) is 0.412. The third-order valence-electron chi connectivity index (χ3n) is 3.75. The van der Waals surface area contributed by atoms with Crippen LogP contribution in [0.1, 0.15) is 42.7 Å². The second-order valence-corrected chi connectivity index (χ2v) is 6.24. The van der Waals surface area contributed by atoms with Crippen molar-refractivity contribution in [2.24, 2.45) is 0 Å². The van der Waals surface area contributed by atoms with Crippen LogP contribution >= 0.6 is 11.3 Å². The van der Waals surface area contributed by atoms with Crippen LogP contribution in [0.5, 0.6) is 0 Å². The Morgan fingerprint density at radius 3 is 2.89 bits per heavy atom. The standard InChI is InChI=1S/C13H19N3OS/c17-12(8-14-9-4-1-2-5-9)16-13-15-10-6-3-7-11(10)18-13/h9,14H,1-8H2,(H,15,16,17). The van der Waals surface area contributed by atoms with Crippen LogP contribution in [-0.2, 0) is 17.6 Å². The summed E-state index contributed by atoms with van der Waals surface area (Å²) in [5.74, 6) is 0.0364. The van der Waals surface area contributed by atoms with Gasteiger partial charge in [-0.2, -0.15) is 0 Å². The predicted octanol–water partition coefficient (Wildman–Crippen LogP) is 2.10. The molecule has 0 radical (unpaired) electrons. The average Bonchev–Trinajstić information content (AvgIpc) is 3.01. The quantitative estimate of drug-likeness (QED) is 0.876. The SMILES string of the molecule is O=C(CNC1CCCC1)Nc1nc2c(s1)CCC2. The van der Waals surface area contributed by atoms with E-state index in [1.165, 1.54) is 42.7 Å². The highest BCUT2D eigenvalue weighted by Gasteiger charge is 2.18. The molecule has 4 nitrogen and oxygen atoms in total. The van der Waals surface area contributed by atoms with Gasteiger partial charge >= 0.3 is 0 Å². The predicted molar refractivity (Wildman–Crippen MR) is 73.0 cm³/mol. The van der Waals surface area contributed by atoms with Crippen molar-refractivity contribution in [2.45, 2.75) is 51.0 Å². The number of hydrogen-bond acceptors (Lipinski definition) is 4. The highest BCUT2D eigenvalue weighted by Crippen LogP contribution is 2.30. The van der Waals surface area contributed by atoms with Crippen molar-refractivity contribution in [1.82, 2.24) is 10.3 Å². The van der Waals surface area contributed by atoms with E-state index < -0.39 is 0 Å². The fourth-order valence-electron chi connectivity index (χ4n) is 2.77. The van der Waals surface area contributed by atoms with Gasteiger partial charge in [-0.15, -0.1) is 11.3 Å². The summed E-state index contributed by atoms with van der Waals surface area (Å²) in [4.78, 5) is 17.6. The minimum Gasteiger partial charge on any atom is -0.306 e. The lowest BCUT2D eigenvalue weighted by Gasteiger charge is -2.10. The summed E-state index contributed by atoms with van der Waals surface area (Å²) in [6.07, 6.45) is 8.41. The zero-order valence-corrected chi connectivity index (χ0v) is 11.3. The number of anilines is 1. The number of rotatable bonds is 4. The maximum absolute atomic E-state index is 11.8. The first-order chi connectivity index (χ1) is 8.81. The molecule has 2 aliphatic rings. The van der Waals surface area contributed by atoms with Crippen LogP contribution in [0.2, 0.25) is 0 Å². The summed E-state index contributed by atoms with van der Waals surface area (Å²) < 4.78 is 0. The van der Waals surface area contributed by atoms with Gasteiger partial charge in [-0.1, -0.05) is 12.8 Å². The van der Waals surface area contributed by atoms with Crippen molar-refractivity contribution in [3.8, 4) is 0 Å². The van der Waals surface area contributed by atoms with E-state index in [1.54, 1.807) is 11.3 Å². The van der Waals surface area contributed by atoms with Gasteiger partial charge in [-0.05, 0) is 32.1 Å². The van der Waals surface area contributed by atoms with E-state index in [-0.39, 0.29) is 5.91 Å². The Kier molecular flexibility index (Phi) is 3.61. The molecule has 0 saturated heterocycles. The van der Waals surface area contributed by atoms with Crippen LogP contribution in [-0.4, -0.2) is 23.5 Å². The Hall–Kier alpha value is -0.940. The van der Waals surface area contributed by atoms with Gasteiger partial charge in [0.25, 0.3) is 0 Å². The number of aromatic nitrogens is 1. The van der Waals surface area contributed by atoms with Crippen LogP contribution in [0.4, 0.5) is 5.13 Å². The molecule has 0 aromatic carbocycles. The van der Waals surface area contributed by atoms with E-state index >= 15 is 0 Å². The highest BCUT2D eigenvalue weighted by molar-refractivity contribution is 7.15. The number of amides is 1. The molecule has 2 N–H and O–H groups in total. The van der Waals surface area contributed by atoms with E-state index in [0.717, 1.165) is 18.0 Å². The second kappa shape index (κ2) is 5.36. The number of carbonyl (C=O) groups is 1. The average molecular weight is 265 g/mol. The van der Waals surface area contributed by atoms with Gasteiger partial charge in [0.1, 0.15) is 0 Å². The maximum Gasteiger partial charge on any atom is 0.240 e. The van der Waals surface area contributed by atoms with Gasteiger partial charge in [0.05, 0.1) is 12.2 Å². The Morgan fingerprint density at radius 2 is 2.11 bits per heavy atom. The molecule has 0 spiro atoms. The maximum atomic E-state index is 11.8. The molecule has 0 atom stereocenters. The van der Waals surface area contributed by atoms with Gasteiger partial charge in [-0.25, -0.2) is 4.98 Å². The number of carbonyl (C=O) groups excluding carboxylic acids is 1. The van der Waals surface area contributed by atoms with Gasteiger partial charge in [-0.3, -0.25) is 4.79 Å². The first kappa shape index (κ1) is 12.1. The van der Waals surface area contributed by atoms with Gasteiger partial charge in [0.2, 0.25) is 5.91 Å². The lowest BCUT2D eigenvalue weighted by Crippen LogP contribution is -2.34. The number of thiazole rings is 1. The Balaban J connectivity index is 1.47. The number of nitrogens with zero attached hydrogens (tertiary/aromatic N) is 1. The molecular weight excluding hydrogens is 246 g/mol. The summed E-state index contributed by atoms with van der Waals surface area (Å²) in [5, 5.41) is 6.99. The molecule has 0 unspecified atom stereocenters. The van der Waals surface area contributed by atoms with E-state index in [0.29, 0.717) is 12.6 Å². The number of hydrogen-bond donors (Lipinski definition) is 2. The topological polar surface area (TPSA) is 54.0 Å². The lowest BCUT2D eigenvalue weighted by atomic mass is 10.2. The van der Waals surface area contributed by atoms with Gasteiger partial charge in [0, 0.05) is 10.9 Å². The molecule has 2 aliphatic carbocycles. The van der Waals surface area contributed by atoms with E-state index in [9.17, 15) is 4.79 Å². The van der Waals surface area contributed by atoms with Crippen molar-refractivity contribution in [2.75, 3.05) is 11.9 Å². The second-order valence-electron chi connectivity index (χ2n) is 5.15. The highest BCUT2D eigenvalue weighted by atomic mass is 32.1. The van der Waals surface area contributed by atoms with Crippen molar-refractivity contribution in [3.63, 3.8) is 0 Å². The van der Waals surface area contributed by atoms with Crippen LogP contribution < -0.4 is 10.6 Å². The molecule has 1 fully saturated rings. The molecule has 1 amide bonds. The smallest absolute Gasteiger partial charge is 0.240 e. The van der Waals surface area contributed by atoms with Gasteiger partial charge < -0.3 is 10.6 Å². The molecule has 98 valence electrons. The zero-order valence-electron chi connectivity index (χ0n) is 10.5. The van der Waals surface area contributed by atoms with Gasteiger partial charge in [0.15, 0.2) is 5.13 Å². The van der Waals surface area contributed by atoms with Crippen molar-refractivity contribution in [1.29, 1.82) is 0 Å². The molecule has 18 heavy (non-hydrogen) atoms. The molecule has 1 saturated carbocycles. The van der Waals surface area contributed by atoms with E-state index in [1.807, 2.05) is 0 Å². The molecule has 3 rings (SSSR count). The third-order valence-corrected chi connectivity index (χ3v) is 4.82. The van der Waals surface area contributed by atoms with Crippen LogP contribution in [0.25, 0.3) is 0 Å². The van der Waals surface area contributed by atoms with E-state index in [4.69, 9.17) is 0 Å². The summed E-state index contributed by atoms with van der Waals surface area (Å²) >= 11 is 1.64. The third kappa shape index (κ3) is 2.72. The fraction of sp³-hybridized carbons (Fsp3) is 0.692. The normalized spacial score (nSPS) is 19.1. The number of fused-ring (bicyclic) bond motifs is 1. The first-order valence-corrected chi connectivity index (χ1v) is 7.65. The first-order valence-electron chi connectivity index (χ1n) is 6.83. The van der Waals surface area contributed by atoms with E-state index in [2.05, 4.69) is 15.6 Å². The monoisotopic (exact) mass is 265 g/mol. The van der Waals surface area contributed by atoms with Crippen molar-refractivity contribution < 1.29 is 4.79 Å². The van der Waals surface area contributed by atoms with Crippen LogP contribution in [0.15, 0.2) is 0 Å². The largest absolute Gasteiger partial charge is 0.306 e. The minimum absolute atomic E-state index is 0.0364. The number of aryl methyl sites for hydroxylation is 2. The molecule has 1 aromatic rings. The Morgan fingerprint density at radius 1 is 1.28 bits per heavy atom. The fourth-order valence-corrected chi connectivity index (χ4v) is 3.84. The van der Waals surface area contributed by atoms with Crippen LogP contribution in [0, 0.1) is 0 Å². The summed E-state index contributed by atoms with van der Waals surface area (Å²) in [6, 6.07) is 0.539. The Bertz CT molecular complexity index is 416. The molecule has 5 heteroatoms. The molecule has 0 bridgehead atoms. The lowest BCUT2D eigenvalue weighted by molar-refractivity contribution is -0.115. The molecule has 0 aliphatic heterocycles. The molecule has 1 heterocycles. The zero-order chi connectivity index (χ0) is 12.4. The van der Waals surface area contributed by atoms with Crippen molar-refractivity contribution in [3.05, 3.63) is 10.6 Å². The molecular formula is C13H19N3OS. The summed E-state index contributed by atoms with van der Waals surface area (Å²) in [5.41, 5.74) is 1.19. The Labute approximate surface area is 111 Å². The minimum atomic E-state index is 0.0364. The molecule has 1 aromatic heterocycles. The summed E-state index contributed by atoms with van der Waals surface area (Å²) in [7, 11) is 0.